The second-order valence-electron chi connectivity index (χ2n) is 10.7. The van der Waals surface area contributed by atoms with Gasteiger partial charge in [-0.2, -0.15) is 25.3 Å². The second kappa shape index (κ2) is 17.2. The molecule has 16 nitrogen and oxygen atoms in total. The highest BCUT2D eigenvalue weighted by molar-refractivity contribution is 7.86. The second-order valence-corrected chi connectivity index (χ2v) is 15.4. The number of hydrogen-bond donors (Lipinski definition) is 6. The molecule has 3 rings (SSSR count). The molecule has 3 aromatic carbocycles. The predicted molar refractivity (Wildman–Crippen MR) is 180 cm³/mol. The van der Waals surface area contributed by atoms with E-state index in [0.29, 0.717) is 22.3 Å². The summed E-state index contributed by atoms with van der Waals surface area (Å²) in [6.07, 6.45) is -0.729. The van der Waals surface area contributed by atoms with Gasteiger partial charge in [-0.1, -0.05) is 48.5 Å². The summed E-state index contributed by atoms with van der Waals surface area (Å²) in [5.41, 5.74) is 13.2. The van der Waals surface area contributed by atoms with E-state index >= 15 is 0 Å². The summed E-state index contributed by atoms with van der Waals surface area (Å²) in [5, 5.41) is 10.6. The van der Waals surface area contributed by atoms with Crippen molar-refractivity contribution in [3.63, 3.8) is 0 Å². The highest BCUT2D eigenvalue weighted by Crippen LogP contribution is 2.53. The van der Waals surface area contributed by atoms with Gasteiger partial charge in [-0.25, -0.2) is 4.79 Å². The van der Waals surface area contributed by atoms with Crippen molar-refractivity contribution in [1.29, 1.82) is 0 Å². The van der Waals surface area contributed by atoms with E-state index < -0.39 is 72.4 Å². The number of rotatable bonds is 20. The molecule has 0 radical (unpaired) electrons. The van der Waals surface area contributed by atoms with Crippen LogP contribution in [0.1, 0.15) is 40.7 Å². The summed E-state index contributed by atoms with van der Waals surface area (Å²) >= 11 is 0. The van der Waals surface area contributed by atoms with Crippen LogP contribution in [0.15, 0.2) is 48.5 Å². The lowest BCUT2D eigenvalue weighted by molar-refractivity contribution is 0.0687. The number of carbonyl (C=O) groups is 1. The fraction of sp³-hybridized carbons (Fsp3) is 0.367. The number of carboxylic acid groups (broad SMARTS) is 1. The average molecular weight is 747 g/mol. The Labute approximate surface area is 284 Å². The highest BCUT2D eigenvalue weighted by atomic mass is 32.2. The van der Waals surface area contributed by atoms with E-state index in [1.165, 1.54) is 0 Å². The molecule has 0 aromatic heterocycles. The van der Waals surface area contributed by atoms with Crippen LogP contribution in [0.4, 0.5) is 0 Å². The molecule has 49 heavy (non-hydrogen) atoms. The van der Waals surface area contributed by atoms with Crippen molar-refractivity contribution in [2.45, 2.75) is 32.4 Å². The van der Waals surface area contributed by atoms with Gasteiger partial charge in [0.2, 0.25) is 0 Å². The van der Waals surface area contributed by atoms with Crippen LogP contribution in [-0.4, -0.2) is 87.1 Å². The minimum atomic E-state index is -4.40. The molecule has 0 aliphatic heterocycles. The van der Waals surface area contributed by atoms with Crippen molar-refractivity contribution in [2.24, 2.45) is 11.5 Å². The maximum atomic E-state index is 13.1. The normalized spacial score (nSPS) is 12.1. The standard InChI is InChI=1S/C30H38N2O14S3/c31-18-20-4-8-22(9-5-20)24-27(44-12-1-15-47(35,36)37)25(23-10-6-21(19-32)7-11-23)29(46-14-3-17-49(41,42)43)26(30(33)34)28(24)45-13-2-16-48(38,39)40/h4-11H,1-3,12-19,31-32H2,(H,33,34)(H,35,36,37)(H,38,39,40)(H,41,42,43). The molecule has 0 saturated carbocycles. The molecular weight excluding hydrogens is 709 g/mol. The zero-order chi connectivity index (χ0) is 36.4. The smallest absolute Gasteiger partial charge is 0.343 e. The Bertz CT molecular complexity index is 1820. The number of nitrogens with two attached hydrogens (primary N) is 2. The van der Waals surface area contributed by atoms with Crippen LogP contribution in [0.25, 0.3) is 22.3 Å². The van der Waals surface area contributed by atoms with Crippen LogP contribution in [0.2, 0.25) is 0 Å². The lowest BCUT2D eigenvalue weighted by Crippen LogP contribution is -2.16. The van der Waals surface area contributed by atoms with Crippen LogP contribution < -0.4 is 25.7 Å². The first-order valence-corrected chi connectivity index (χ1v) is 19.6. The van der Waals surface area contributed by atoms with E-state index in [9.17, 15) is 48.8 Å². The van der Waals surface area contributed by atoms with Crippen molar-refractivity contribution in [3.05, 3.63) is 65.2 Å². The third-order valence-electron chi connectivity index (χ3n) is 6.91. The number of carboxylic acids is 1. The first-order valence-electron chi connectivity index (χ1n) is 14.7. The number of aromatic carboxylic acids is 1. The Kier molecular flexibility index (Phi) is 13.9. The fourth-order valence-electron chi connectivity index (χ4n) is 4.70. The third-order valence-corrected chi connectivity index (χ3v) is 9.33. The quantitative estimate of drug-likeness (QED) is 0.0716. The van der Waals surface area contributed by atoms with Gasteiger partial charge in [0, 0.05) is 13.1 Å². The topological polar surface area (TPSA) is 280 Å². The van der Waals surface area contributed by atoms with Gasteiger partial charge in [0.15, 0.2) is 0 Å². The summed E-state index contributed by atoms with van der Waals surface area (Å²) in [4.78, 5) is 13.1. The van der Waals surface area contributed by atoms with Crippen LogP contribution >= 0.6 is 0 Å². The van der Waals surface area contributed by atoms with Crippen molar-refractivity contribution in [1.82, 2.24) is 0 Å². The molecule has 3 aromatic rings. The first-order chi connectivity index (χ1) is 22.9. The van der Waals surface area contributed by atoms with Crippen LogP contribution in [0.3, 0.4) is 0 Å². The zero-order valence-electron chi connectivity index (χ0n) is 26.1. The summed E-state index contributed by atoms with van der Waals surface area (Å²) in [5.74, 6) is -4.40. The number of benzene rings is 3. The zero-order valence-corrected chi connectivity index (χ0v) is 28.6. The monoisotopic (exact) mass is 746 g/mol. The van der Waals surface area contributed by atoms with Gasteiger partial charge in [-0.05, 0) is 41.5 Å². The van der Waals surface area contributed by atoms with E-state index in [-0.39, 0.29) is 67.3 Å². The summed E-state index contributed by atoms with van der Waals surface area (Å²) in [6.45, 7) is -0.800. The molecule has 0 amide bonds. The van der Waals surface area contributed by atoms with E-state index in [2.05, 4.69) is 0 Å². The lowest BCUT2D eigenvalue weighted by atomic mass is 9.91. The lowest BCUT2D eigenvalue weighted by Gasteiger charge is -2.26. The molecule has 0 aliphatic rings. The summed E-state index contributed by atoms with van der Waals surface area (Å²) < 4.78 is 114. The van der Waals surface area contributed by atoms with Crippen LogP contribution in [0.5, 0.6) is 17.2 Å². The van der Waals surface area contributed by atoms with Crippen LogP contribution in [-0.2, 0) is 43.4 Å². The third kappa shape index (κ3) is 12.2. The largest absolute Gasteiger partial charge is 0.492 e. The van der Waals surface area contributed by atoms with Crippen LogP contribution in [0, 0.1) is 0 Å². The van der Waals surface area contributed by atoms with Gasteiger partial charge >= 0.3 is 5.97 Å². The van der Waals surface area contributed by atoms with Crippen molar-refractivity contribution >= 4 is 36.3 Å². The summed E-state index contributed by atoms with van der Waals surface area (Å²) in [7, 11) is -13.2. The van der Waals surface area contributed by atoms with Crippen molar-refractivity contribution in [3.8, 4) is 39.5 Å². The molecule has 0 bridgehead atoms. The molecule has 0 heterocycles. The van der Waals surface area contributed by atoms with E-state index in [0.717, 1.165) is 0 Å². The number of ether oxygens (including phenoxy) is 3. The Morgan fingerprint density at radius 2 is 0.857 bits per heavy atom. The minimum Gasteiger partial charge on any atom is -0.492 e. The highest BCUT2D eigenvalue weighted by Gasteiger charge is 2.33. The molecule has 0 atom stereocenters. The molecule has 19 heteroatoms. The Morgan fingerprint density at radius 3 is 1.12 bits per heavy atom. The molecule has 0 unspecified atom stereocenters. The number of hydrogen-bond acceptors (Lipinski definition) is 12. The maximum absolute atomic E-state index is 13.1. The first kappa shape index (κ1) is 39.6. The van der Waals surface area contributed by atoms with Gasteiger partial charge in [-0.15, -0.1) is 0 Å². The molecule has 270 valence electrons. The maximum Gasteiger partial charge on any atom is 0.343 e. The van der Waals surface area contributed by atoms with Crippen molar-refractivity contribution in [2.75, 3.05) is 37.1 Å². The van der Waals surface area contributed by atoms with E-state index in [1.54, 1.807) is 48.5 Å². The summed E-state index contributed by atoms with van der Waals surface area (Å²) in [6, 6.07) is 13.1. The average Bonchev–Trinajstić information content (AvgIpc) is 3.01. The van der Waals surface area contributed by atoms with Gasteiger partial charge in [-0.3, -0.25) is 13.7 Å². The molecule has 0 saturated heterocycles. The molecule has 0 spiro atoms. The fourth-order valence-corrected chi connectivity index (χ4v) is 6.15. The molecule has 0 aliphatic carbocycles. The SMILES string of the molecule is NCc1ccc(-c2c(OCCCS(=O)(=O)O)c(C(=O)O)c(OCCCS(=O)(=O)O)c(-c3ccc(CN)cc3)c2OCCCS(=O)(=O)O)cc1. The Morgan fingerprint density at radius 1 is 0.551 bits per heavy atom. The molecule has 0 fully saturated rings. The van der Waals surface area contributed by atoms with Gasteiger partial charge in [0.25, 0.3) is 30.4 Å². The van der Waals surface area contributed by atoms with Crippen molar-refractivity contribution < 1.29 is 63.0 Å². The minimum absolute atomic E-state index is 0.0443. The predicted octanol–water partition coefficient (Wildman–Crippen LogP) is 2.61. The van der Waals surface area contributed by atoms with Gasteiger partial charge in [0.1, 0.15) is 22.8 Å². The van der Waals surface area contributed by atoms with Gasteiger partial charge in [0.05, 0.1) is 48.2 Å². The van der Waals surface area contributed by atoms with E-state index in [4.69, 9.17) is 25.7 Å². The molecular formula is C30H38N2O14S3. The van der Waals surface area contributed by atoms with E-state index in [1.807, 2.05) is 0 Å². The molecule has 8 N–H and O–H groups in total. The Hall–Kier alpha value is -3.82. The Balaban J connectivity index is 2.42. The van der Waals surface area contributed by atoms with Gasteiger partial charge < -0.3 is 30.8 Å².